The van der Waals surface area contributed by atoms with E-state index in [-0.39, 0.29) is 21.1 Å². The Morgan fingerprint density at radius 2 is 1.69 bits per heavy atom. The van der Waals surface area contributed by atoms with Crippen molar-refractivity contribution in [1.82, 2.24) is 0 Å². The fourth-order valence-corrected chi connectivity index (χ4v) is 1.32. The molecule has 0 radical (unpaired) electrons. The number of hydrogen-bond donors (Lipinski definition) is 3. The molecule has 13 heavy (non-hydrogen) atoms. The Morgan fingerprint density at radius 1 is 1.15 bits per heavy atom. The van der Waals surface area contributed by atoms with E-state index >= 15 is 0 Å². The molecule has 0 aromatic heterocycles. The molecule has 1 aromatic rings. The standard InChI is InChI=1S/C6H6O5S.Pt/c7-4-2-1-3-5(6(4)8)12(9,10)11;/h1-3,7-8H,(H,9,10,11);. The van der Waals surface area contributed by atoms with Gasteiger partial charge in [-0.2, -0.15) is 8.42 Å². The fourth-order valence-electron chi connectivity index (χ4n) is 0.719. The first-order chi connectivity index (χ1) is 5.43. The van der Waals surface area contributed by atoms with E-state index < -0.39 is 26.5 Å². The van der Waals surface area contributed by atoms with Crippen molar-refractivity contribution in [3.05, 3.63) is 18.2 Å². The van der Waals surface area contributed by atoms with Crippen LogP contribution in [0.15, 0.2) is 23.1 Å². The monoisotopic (exact) mass is 385 g/mol. The summed E-state index contributed by atoms with van der Waals surface area (Å²) in [6.07, 6.45) is 0. The Balaban J connectivity index is 0.00000144. The fraction of sp³-hybridized carbons (Fsp3) is 0. The Hall–Kier alpha value is -0.582. The maximum Gasteiger partial charge on any atom is 0.298 e. The van der Waals surface area contributed by atoms with Gasteiger partial charge in [0.25, 0.3) is 10.1 Å². The van der Waals surface area contributed by atoms with Crippen molar-refractivity contribution in [3.8, 4) is 11.5 Å². The molecular weight excluding hydrogens is 379 g/mol. The zero-order chi connectivity index (χ0) is 9.35. The van der Waals surface area contributed by atoms with Crippen LogP contribution < -0.4 is 0 Å². The molecule has 0 saturated heterocycles. The minimum atomic E-state index is -4.47. The number of phenols is 2. The maximum absolute atomic E-state index is 10.5. The molecule has 5 nitrogen and oxygen atoms in total. The van der Waals surface area contributed by atoms with Gasteiger partial charge in [0.05, 0.1) is 0 Å². The summed E-state index contributed by atoms with van der Waals surface area (Å²) in [5.41, 5.74) is 0. The van der Waals surface area contributed by atoms with Gasteiger partial charge in [-0.1, -0.05) is 6.07 Å². The van der Waals surface area contributed by atoms with E-state index in [1.165, 1.54) is 6.07 Å². The number of rotatable bonds is 1. The summed E-state index contributed by atoms with van der Waals surface area (Å²) < 4.78 is 29.5. The molecule has 1 aromatic carbocycles. The summed E-state index contributed by atoms with van der Waals surface area (Å²) in [4.78, 5) is -0.706. The van der Waals surface area contributed by atoms with Crippen LogP contribution in [0.25, 0.3) is 0 Å². The number of benzene rings is 1. The second kappa shape index (κ2) is 4.08. The van der Waals surface area contributed by atoms with Crippen molar-refractivity contribution in [2.75, 3.05) is 0 Å². The van der Waals surface area contributed by atoms with Crippen LogP contribution in [0.2, 0.25) is 0 Å². The smallest absolute Gasteiger partial charge is 0.298 e. The van der Waals surface area contributed by atoms with E-state index in [0.29, 0.717) is 0 Å². The Labute approximate surface area is 89.0 Å². The summed E-state index contributed by atoms with van der Waals surface area (Å²) in [5.74, 6) is -1.44. The minimum Gasteiger partial charge on any atom is -0.504 e. The summed E-state index contributed by atoms with van der Waals surface area (Å²) in [6.45, 7) is 0. The second-order valence-electron chi connectivity index (χ2n) is 2.10. The largest absolute Gasteiger partial charge is 0.504 e. The normalized spacial score (nSPS) is 10.5. The van der Waals surface area contributed by atoms with E-state index in [4.69, 9.17) is 14.8 Å². The molecule has 76 valence electrons. The average molecular weight is 385 g/mol. The number of phenolic OH excluding ortho intramolecular Hbond substituents is 2. The zero-order valence-electron chi connectivity index (χ0n) is 6.11. The van der Waals surface area contributed by atoms with Crippen molar-refractivity contribution in [1.29, 1.82) is 0 Å². The topological polar surface area (TPSA) is 94.8 Å². The molecule has 0 aliphatic carbocycles. The van der Waals surface area contributed by atoms with E-state index in [1.807, 2.05) is 0 Å². The van der Waals surface area contributed by atoms with Gasteiger partial charge in [-0.25, -0.2) is 0 Å². The molecule has 0 amide bonds. The van der Waals surface area contributed by atoms with E-state index in [1.54, 1.807) is 0 Å². The second-order valence-corrected chi connectivity index (χ2v) is 3.49. The first-order valence-corrected chi connectivity index (χ1v) is 4.35. The first-order valence-electron chi connectivity index (χ1n) is 2.91. The molecule has 0 spiro atoms. The van der Waals surface area contributed by atoms with Gasteiger partial charge in [0.2, 0.25) is 0 Å². The quantitative estimate of drug-likeness (QED) is 0.479. The van der Waals surface area contributed by atoms with E-state index in [9.17, 15) is 8.42 Å². The number of para-hydroxylation sites is 1. The van der Waals surface area contributed by atoms with E-state index in [0.717, 1.165) is 12.1 Å². The van der Waals surface area contributed by atoms with Crippen molar-refractivity contribution < 1.29 is 44.2 Å². The van der Waals surface area contributed by atoms with Gasteiger partial charge in [-0.3, -0.25) is 4.55 Å². The molecular formula is C6H6O5PtS. The molecule has 0 heterocycles. The zero-order valence-corrected chi connectivity index (χ0v) is 9.20. The molecule has 1 rings (SSSR count). The summed E-state index contributed by atoms with van der Waals surface area (Å²) in [5, 5.41) is 17.8. The summed E-state index contributed by atoms with van der Waals surface area (Å²) >= 11 is 0. The third-order valence-electron chi connectivity index (χ3n) is 1.26. The van der Waals surface area contributed by atoms with Crippen LogP contribution in [0, 0.1) is 0 Å². The van der Waals surface area contributed by atoms with E-state index in [2.05, 4.69) is 0 Å². The molecule has 0 saturated carbocycles. The maximum atomic E-state index is 10.5. The number of hydrogen-bond acceptors (Lipinski definition) is 4. The Morgan fingerprint density at radius 3 is 2.08 bits per heavy atom. The van der Waals surface area contributed by atoms with Crippen molar-refractivity contribution in [3.63, 3.8) is 0 Å². The predicted octanol–water partition coefficient (Wildman–Crippen LogP) is 0.342. The van der Waals surface area contributed by atoms with Gasteiger partial charge < -0.3 is 10.2 Å². The van der Waals surface area contributed by atoms with Crippen LogP contribution in [-0.2, 0) is 31.2 Å². The number of aromatic hydroxyl groups is 2. The van der Waals surface area contributed by atoms with Gasteiger partial charge in [-0.15, -0.1) is 0 Å². The summed E-state index contributed by atoms with van der Waals surface area (Å²) in [7, 11) is -4.47. The Kier molecular flexibility index (Phi) is 3.90. The van der Waals surface area contributed by atoms with Crippen LogP contribution in [0.1, 0.15) is 0 Å². The molecule has 0 aliphatic heterocycles. The van der Waals surface area contributed by atoms with Crippen LogP contribution >= 0.6 is 0 Å². The van der Waals surface area contributed by atoms with Crippen molar-refractivity contribution >= 4 is 10.1 Å². The molecule has 0 unspecified atom stereocenters. The van der Waals surface area contributed by atoms with Crippen molar-refractivity contribution in [2.45, 2.75) is 4.90 Å². The molecule has 0 aliphatic rings. The Bertz CT molecular complexity index is 399. The van der Waals surface area contributed by atoms with Gasteiger partial charge in [0, 0.05) is 21.1 Å². The minimum absolute atomic E-state index is 0. The molecule has 0 atom stereocenters. The van der Waals surface area contributed by atoms with Crippen LogP contribution in [-0.4, -0.2) is 23.2 Å². The predicted molar refractivity (Wildman–Crippen MR) is 39.6 cm³/mol. The molecule has 0 fully saturated rings. The summed E-state index contributed by atoms with van der Waals surface area (Å²) in [6, 6.07) is 3.27. The first kappa shape index (κ1) is 12.4. The third kappa shape index (κ3) is 2.69. The van der Waals surface area contributed by atoms with Crippen LogP contribution in [0.4, 0.5) is 0 Å². The average Bonchev–Trinajstić information content (AvgIpc) is 1.92. The van der Waals surface area contributed by atoms with Gasteiger partial charge in [0.15, 0.2) is 11.5 Å². The third-order valence-corrected chi connectivity index (χ3v) is 2.14. The van der Waals surface area contributed by atoms with Crippen molar-refractivity contribution in [2.24, 2.45) is 0 Å². The van der Waals surface area contributed by atoms with Gasteiger partial charge in [-0.05, 0) is 12.1 Å². The van der Waals surface area contributed by atoms with Gasteiger partial charge in [0.1, 0.15) is 4.90 Å². The van der Waals surface area contributed by atoms with Crippen LogP contribution in [0.5, 0.6) is 11.5 Å². The SMILES string of the molecule is O=S(=O)(O)c1cccc(O)c1O.[Pt]. The molecule has 7 heteroatoms. The van der Waals surface area contributed by atoms with Crippen LogP contribution in [0.3, 0.4) is 0 Å². The molecule has 0 bridgehead atoms. The van der Waals surface area contributed by atoms with Gasteiger partial charge >= 0.3 is 0 Å². The molecule has 3 N–H and O–H groups in total.